The number of nitrogens with zero attached hydrogens (tertiary/aromatic N) is 1. The minimum absolute atomic E-state index is 0.248. The second-order valence-corrected chi connectivity index (χ2v) is 4.15. The summed E-state index contributed by atoms with van der Waals surface area (Å²) >= 11 is 0. The van der Waals surface area contributed by atoms with Crippen molar-refractivity contribution >= 4 is 18.0 Å². The second kappa shape index (κ2) is 5.82. The molecule has 0 bridgehead atoms. The van der Waals surface area contributed by atoms with Crippen molar-refractivity contribution in [1.82, 2.24) is 4.90 Å². The van der Waals surface area contributed by atoms with Gasteiger partial charge in [-0.2, -0.15) is 0 Å². The van der Waals surface area contributed by atoms with E-state index in [4.69, 9.17) is 5.73 Å². The molecule has 0 fully saturated rings. The Kier molecular flexibility index (Phi) is 3.93. The number of carbonyl (C=O) groups is 2. The zero-order chi connectivity index (χ0) is 13.7. The van der Waals surface area contributed by atoms with Gasteiger partial charge in [-0.1, -0.05) is 36.4 Å². The van der Waals surface area contributed by atoms with Crippen LogP contribution < -0.4 is 5.73 Å². The summed E-state index contributed by atoms with van der Waals surface area (Å²) in [5, 5.41) is 0. The fraction of sp³-hybridized carbons (Fsp3) is 0.0667. The van der Waals surface area contributed by atoms with Crippen molar-refractivity contribution in [3.8, 4) is 0 Å². The van der Waals surface area contributed by atoms with Gasteiger partial charge in [0.25, 0.3) is 5.91 Å². The zero-order valence-corrected chi connectivity index (χ0v) is 10.3. The quantitative estimate of drug-likeness (QED) is 0.671. The van der Waals surface area contributed by atoms with Gasteiger partial charge in [0.05, 0.1) is 6.54 Å². The average Bonchev–Trinajstić information content (AvgIpc) is 2.45. The van der Waals surface area contributed by atoms with Gasteiger partial charge < -0.3 is 5.73 Å². The molecule has 0 heterocycles. The van der Waals surface area contributed by atoms with E-state index in [0.29, 0.717) is 17.7 Å². The topological polar surface area (TPSA) is 63.4 Å². The highest BCUT2D eigenvalue weighted by Crippen LogP contribution is 2.11. The molecule has 2 amide bonds. The Balaban J connectivity index is 2.18. The first-order chi connectivity index (χ1) is 9.20. The molecule has 2 rings (SSSR count). The van der Waals surface area contributed by atoms with E-state index >= 15 is 0 Å². The van der Waals surface area contributed by atoms with E-state index < -0.39 is 0 Å². The number of hydrogen-bond acceptors (Lipinski definition) is 3. The van der Waals surface area contributed by atoms with E-state index in [0.717, 1.165) is 10.5 Å². The van der Waals surface area contributed by atoms with Crippen LogP contribution in [0.2, 0.25) is 0 Å². The summed E-state index contributed by atoms with van der Waals surface area (Å²) < 4.78 is 0. The number of rotatable bonds is 4. The van der Waals surface area contributed by atoms with Crippen LogP contribution in [0, 0.1) is 0 Å². The second-order valence-electron chi connectivity index (χ2n) is 4.15. The maximum atomic E-state index is 12.2. The predicted molar refractivity (Wildman–Crippen MR) is 73.2 cm³/mol. The third kappa shape index (κ3) is 3.19. The molecule has 2 N–H and O–H groups in total. The standard InChI is InChI=1S/C15H14N2O2/c16-14-8-4-7-13(9-14)15(19)17(11-18)10-12-5-2-1-3-6-12/h1-9,11H,10,16H2. The van der Waals surface area contributed by atoms with Gasteiger partial charge in [-0.05, 0) is 23.8 Å². The smallest absolute Gasteiger partial charge is 0.260 e. The molecule has 4 nitrogen and oxygen atoms in total. The van der Waals surface area contributed by atoms with Crippen LogP contribution in [-0.4, -0.2) is 17.2 Å². The van der Waals surface area contributed by atoms with Crippen LogP contribution in [-0.2, 0) is 11.3 Å². The number of carbonyl (C=O) groups excluding carboxylic acids is 2. The van der Waals surface area contributed by atoms with Crippen LogP contribution in [0.5, 0.6) is 0 Å². The van der Waals surface area contributed by atoms with Crippen LogP contribution in [0.15, 0.2) is 54.6 Å². The molecule has 0 saturated carbocycles. The van der Waals surface area contributed by atoms with Crippen LogP contribution in [0.25, 0.3) is 0 Å². The van der Waals surface area contributed by atoms with Gasteiger partial charge in [0, 0.05) is 11.3 Å². The van der Waals surface area contributed by atoms with Gasteiger partial charge >= 0.3 is 0 Å². The summed E-state index contributed by atoms with van der Waals surface area (Å²) in [6.07, 6.45) is 0.540. The molecule has 0 atom stereocenters. The molecule has 0 radical (unpaired) electrons. The van der Waals surface area contributed by atoms with Crippen molar-refractivity contribution in [2.75, 3.05) is 5.73 Å². The van der Waals surface area contributed by atoms with Crippen LogP contribution >= 0.6 is 0 Å². The largest absolute Gasteiger partial charge is 0.399 e. The van der Waals surface area contributed by atoms with Gasteiger partial charge in [-0.3, -0.25) is 14.5 Å². The van der Waals surface area contributed by atoms with Crippen LogP contribution in [0.3, 0.4) is 0 Å². The van der Waals surface area contributed by atoms with Crippen molar-refractivity contribution in [1.29, 1.82) is 0 Å². The molecule has 4 heteroatoms. The summed E-state index contributed by atoms with van der Waals surface area (Å²) in [4.78, 5) is 24.4. The minimum atomic E-state index is -0.355. The maximum absolute atomic E-state index is 12.2. The molecule has 0 unspecified atom stereocenters. The number of amides is 2. The Morgan fingerprint density at radius 3 is 2.47 bits per heavy atom. The average molecular weight is 254 g/mol. The molecule has 0 spiro atoms. The van der Waals surface area contributed by atoms with Gasteiger partial charge in [0.2, 0.25) is 6.41 Å². The van der Waals surface area contributed by atoms with E-state index in [1.165, 1.54) is 0 Å². The molecule has 0 saturated heterocycles. The fourth-order valence-electron chi connectivity index (χ4n) is 1.77. The van der Waals surface area contributed by atoms with Crippen molar-refractivity contribution in [3.63, 3.8) is 0 Å². The fourth-order valence-corrected chi connectivity index (χ4v) is 1.77. The highest BCUT2D eigenvalue weighted by atomic mass is 16.2. The van der Waals surface area contributed by atoms with E-state index in [1.54, 1.807) is 24.3 Å². The normalized spacial score (nSPS) is 9.89. The molecule has 0 aromatic heterocycles. The lowest BCUT2D eigenvalue weighted by Crippen LogP contribution is -2.29. The Morgan fingerprint density at radius 1 is 1.11 bits per heavy atom. The summed E-state index contributed by atoms with van der Waals surface area (Å²) in [7, 11) is 0. The van der Waals surface area contributed by atoms with Crippen LogP contribution in [0.4, 0.5) is 5.69 Å². The lowest BCUT2D eigenvalue weighted by atomic mass is 10.1. The monoisotopic (exact) mass is 254 g/mol. The molecule has 19 heavy (non-hydrogen) atoms. The number of anilines is 1. The highest BCUT2D eigenvalue weighted by molar-refractivity contribution is 6.00. The van der Waals surface area contributed by atoms with E-state index in [9.17, 15) is 9.59 Å². The number of imide groups is 1. The Labute approximate surface area is 111 Å². The molecule has 0 aliphatic carbocycles. The lowest BCUT2D eigenvalue weighted by Gasteiger charge is -2.15. The van der Waals surface area contributed by atoms with Gasteiger partial charge in [0.15, 0.2) is 0 Å². The van der Waals surface area contributed by atoms with Gasteiger partial charge in [-0.25, -0.2) is 0 Å². The first-order valence-corrected chi connectivity index (χ1v) is 5.86. The van der Waals surface area contributed by atoms with Crippen molar-refractivity contribution in [2.45, 2.75) is 6.54 Å². The number of benzene rings is 2. The van der Waals surface area contributed by atoms with Crippen molar-refractivity contribution in [2.24, 2.45) is 0 Å². The lowest BCUT2D eigenvalue weighted by molar-refractivity contribution is -0.116. The van der Waals surface area contributed by atoms with Gasteiger partial charge in [0.1, 0.15) is 0 Å². The number of hydrogen-bond donors (Lipinski definition) is 1. The zero-order valence-electron chi connectivity index (χ0n) is 10.3. The Morgan fingerprint density at radius 2 is 1.84 bits per heavy atom. The molecular weight excluding hydrogens is 240 g/mol. The Hall–Kier alpha value is -2.62. The number of nitrogen functional groups attached to an aromatic ring is 1. The summed E-state index contributed by atoms with van der Waals surface area (Å²) in [6.45, 7) is 0.248. The molecule has 2 aromatic carbocycles. The third-order valence-electron chi connectivity index (χ3n) is 2.72. The highest BCUT2D eigenvalue weighted by Gasteiger charge is 2.15. The van der Waals surface area contributed by atoms with Crippen LogP contribution in [0.1, 0.15) is 15.9 Å². The predicted octanol–water partition coefficient (Wildman–Crippen LogP) is 2.07. The van der Waals surface area contributed by atoms with E-state index in [1.807, 2.05) is 30.3 Å². The summed E-state index contributed by atoms with van der Waals surface area (Å²) in [5.41, 5.74) is 7.43. The van der Waals surface area contributed by atoms with Crippen molar-refractivity contribution in [3.05, 3.63) is 65.7 Å². The summed E-state index contributed by atoms with van der Waals surface area (Å²) in [5.74, 6) is -0.355. The van der Waals surface area contributed by atoms with E-state index in [-0.39, 0.29) is 12.5 Å². The molecule has 2 aromatic rings. The number of nitrogens with two attached hydrogens (primary N) is 1. The van der Waals surface area contributed by atoms with E-state index in [2.05, 4.69) is 0 Å². The van der Waals surface area contributed by atoms with Crippen molar-refractivity contribution < 1.29 is 9.59 Å². The SMILES string of the molecule is Nc1cccc(C(=O)N(C=O)Cc2ccccc2)c1. The maximum Gasteiger partial charge on any atom is 0.260 e. The Bertz CT molecular complexity index is 582. The molecular formula is C15H14N2O2. The first-order valence-electron chi connectivity index (χ1n) is 5.86. The minimum Gasteiger partial charge on any atom is -0.399 e. The molecule has 0 aliphatic rings. The molecule has 96 valence electrons. The molecule has 0 aliphatic heterocycles. The summed E-state index contributed by atoms with van der Waals surface area (Å²) in [6, 6.07) is 15.9. The third-order valence-corrected chi connectivity index (χ3v) is 2.72. The van der Waals surface area contributed by atoms with Gasteiger partial charge in [-0.15, -0.1) is 0 Å². The first kappa shape index (κ1) is 12.8.